The Labute approximate surface area is 188 Å². The van der Waals surface area contributed by atoms with Gasteiger partial charge in [-0.25, -0.2) is 4.79 Å². The summed E-state index contributed by atoms with van der Waals surface area (Å²) >= 11 is 0. The van der Waals surface area contributed by atoms with Gasteiger partial charge in [-0.15, -0.1) is 0 Å². The van der Waals surface area contributed by atoms with Crippen molar-refractivity contribution in [3.8, 4) is 11.1 Å². The molecule has 1 saturated heterocycles. The van der Waals surface area contributed by atoms with Crippen LogP contribution >= 0.6 is 0 Å². The van der Waals surface area contributed by atoms with Crippen LogP contribution in [0.2, 0.25) is 0 Å². The van der Waals surface area contributed by atoms with Crippen molar-refractivity contribution in [3.63, 3.8) is 0 Å². The molecule has 4 nitrogen and oxygen atoms in total. The molecule has 0 radical (unpaired) electrons. The van der Waals surface area contributed by atoms with Crippen LogP contribution < -0.4 is 5.73 Å². The Balaban J connectivity index is 1.20. The van der Waals surface area contributed by atoms with Crippen molar-refractivity contribution in [2.45, 2.75) is 37.3 Å². The Morgan fingerprint density at radius 3 is 2.22 bits per heavy atom. The van der Waals surface area contributed by atoms with Gasteiger partial charge in [-0.2, -0.15) is 0 Å². The van der Waals surface area contributed by atoms with Crippen molar-refractivity contribution in [2.75, 3.05) is 12.3 Å². The number of ether oxygens (including phenoxy) is 1. The molecular formula is C28H26N2O2. The summed E-state index contributed by atoms with van der Waals surface area (Å²) < 4.78 is 5.96. The molecule has 160 valence electrons. The van der Waals surface area contributed by atoms with Crippen LogP contribution in [0.25, 0.3) is 16.7 Å². The van der Waals surface area contributed by atoms with Crippen molar-refractivity contribution in [3.05, 3.63) is 95.6 Å². The molecular weight excluding hydrogens is 396 g/mol. The first-order valence-corrected chi connectivity index (χ1v) is 11.4. The summed E-state index contributed by atoms with van der Waals surface area (Å²) in [5.41, 5.74) is 14.1. The predicted molar refractivity (Wildman–Crippen MR) is 127 cm³/mol. The number of nitrogen functional groups attached to an aromatic ring is 1. The van der Waals surface area contributed by atoms with Crippen LogP contribution in [-0.4, -0.2) is 29.7 Å². The molecule has 1 aliphatic carbocycles. The van der Waals surface area contributed by atoms with Crippen LogP contribution in [0.4, 0.5) is 10.5 Å². The van der Waals surface area contributed by atoms with Crippen molar-refractivity contribution >= 4 is 17.4 Å². The molecule has 4 heteroatoms. The van der Waals surface area contributed by atoms with E-state index in [0.29, 0.717) is 6.61 Å². The highest BCUT2D eigenvalue weighted by molar-refractivity contribution is 5.79. The first-order chi connectivity index (χ1) is 15.7. The second-order valence-corrected chi connectivity index (χ2v) is 9.03. The summed E-state index contributed by atoms with van der Waals surface area (Å²) in [5.74, 6) is 0.0923. The topological polar surface area (TPSA) is 55.6 Å². The van der Waals surface area contributed by atoms with Gasteiger partial charge >= 0.3 is 6.09 Å². The van der Waals surface area contributed by atoms with E-state index in [-0.39, 0.29) is 24.1 Å². The Bertz CT molecular complexity index is 1170. The van der Waals surface area contributed by atoms with Crippen LogP contribution in [-0.2, 0) is 4.74 Å². The fourth-order valence-corrected chi connectivity index (χ4v) is 5.69. The predicted octanol–water partition coefficient (Wildman–Crippen LogP) is 5.84. The molecule has 32 heavy (non-hydrogen) atoms. The fraction of sp³-hybridized carbons (Fsp3) is 0.250. The summed E-state index contributed by atoms with van der Waals surface area (Å²) in [6.45, 7) is 0.372. The number of amides is 1. The Morgan fingerprint density at radius 2 is 1.56 bits per heavy atom. The van der Waals surface area contributed by atoms with Crippen LogP contribution in [0.5, 0.6) is 0 Å². The van der Waals surface area contributed by atoms with Gasteiger partial charge in [0.25, 0.3) is 0 Å². The number of anilines is 1. The van der Waals surface area contributed by atoms with E-state index in [2.05, 4.69) is 66.7 Å². The number of hydrogen-bond donors (Lipinski definition) is 1. The van der Waals surface area contributed by atoms with Gasteiger partial charge in [-0.05, 0) is 64.8 Å². The van der Waals surface area contributed by atoms with E-state index in [1.807, 2.05) is 17.0 Å². The number of nitrogens with zero attached hydrogens (tertiary/aromatic N) is 1. The van der Waals surface area contributed by atoms with Crippen molar-refractivity contribution < 1.29 is 9.53 Å². The molecule has 2 heterocycles. The Kier molecular flexibility index (Phi) is 4.53. The molecule has 3 aromatic carbocycles. The lowest BCUT2D eigenvalue weighted by Gasteiger charge is -2.33. The third kappa shape index (κ3) is 3.10. The smallest absolute Gasteiger partial charge is 0.410 e. The van der Waals surface area contributed by atoms with Gasteiger partial charge < -0.3 is 10.5 Å². The zero-order valence-corrected chi connectivity index (χ0v) is 17.9. The Morgan fingerprint density at radius 1 is 0.906 bits per heavy atom. The number of benzene rings is 3. The molecule has 0 aromatic heterocycles. The first kappa shape index (κ1) is 19.2. The molecule has 1 amide bonds. The SMILES string of the molecule is Nc1ccc(C2=CC3CCC(C2)N3C(=O)OCC2c3ccccc3-c3ccccc32)cc1. The van der Waals surface area contributed by atoms with E-state index in [0.717, 1.165) is 24.9 Å². The average Bonchev–Trinajstić information content (AvgIpc) is 3.29. The van der Waals surface area contributed by atoms with Crippen LogP contribution in [0, 0.1) is 0 Å². The normalized spacial score (nSPS) is 21.1. The summed E-state index contributed by atoms with van der Waals surface area (Å²) in [5, 5.41) is 0. The van der Waals surface area contributed by atoms with E-state index >= 15 is 0 Å². The van der Waals surface area contributed by atoms with Gasteiger partial charge in [0, 0.05) is 17.6 Å². The highest BCUT2D eigenvalue weighted by atomic mass is 16.6. The lowest BCUT2D eigenvalue weighted by atomic mass is 9.95. The van der Waals surface area contributed by atoms with E-state index in [1.165, 1.54) is 33.4 Å². The second kappa shape index (κ2) is 7.56. The zero-order valence-electron chi connectivity index (χ0n) is 17.9. The lowest BCUT2D eigenvalue weighted by molar-refractivity contribution is 0.0866. The van der Waals surface area contributed by atoms with E-state index < -0.39 is 0 Å². The first-order valence-electron chi connectivity index (χ1n) is 11.4. The maximum absolute atomic E-state index is 13.2. The van der Waals surface area contributed by atoms with Crippen LogP contribution in [0.15, 0.2) is 78.9 Å². The van der Waals surface area contributed by atoms with Gasteiger partial charge in [0.05, 0.1) is 6.04 Å². The lowest BCUT2D eigenvalue weighted by Crippen LogP contribution is -2.43. The molecule has 2 N–H and O–H groups in total. The number of nitrogens with two attached hydrogens (primary N) is 1. The minimum atomic E-state index is -0.188. The summed E-state index contributed by atoms with van der Waals surface area (Å²) in [6, 6.07) is 25.2. The number of carbonyl (C=O) groups excluding carboxylic acids is 1. The quantitative estimate of drug-likeness (QED) is 0.540. The molecule has 6 rings (SSSR count). The summed E-state index contributed by atoms with van der Waals surface area (Å²) in [4.78, 5) is 15.2. The van der Waals surface area contributed by atoms with Gasteiger partial charge in [0.15, 0.2) is 0 Å². The number of carbonyl (C=O) groups is 1. The molecule has 1 fully saturated rings. The van der Waals surface area contributed by atoms with E-state index in [9.17, 15) is 4.79 Å². The van der Waals surface area contributed by atoms with Gasteiger partial charge in [0.2, 0.25) is 0 Å². The molecule has 0 spiro atoms. The Hall–Kier alpha value is -3.53. The minimum Gasteiger partial charge on any atom is -0.448 e. The highest BCUT2D eigenvalue weighted by Crippen LogP contribution is 2.45. The molecule has 2 aliphatic heterocycles. The number of hydrogen-bond acceptors (Lipinski definition) is 3. The number of fused-ring (bicyclic) bond motifs is 5. The molecule has 2 atom stereocenters. The third-order valence-corrected chi connectivity index (χ3v) is 7.22. The standard InChI is InChI=1S/C28H26N2O2/c29-20-11-9-18(10-12-20)19-15-21-13-14-22(16-19)30(21)28(31)32-17-27-25-7-3-1-5-23(25)24-6-2-4-8-26(24)27/h1-12,15,21-22,27H,13-14,16-17,29H2. The van der Waals surface area contributed by atoms with E-state index in [4.69, 9.17) is 10.5 Å². The van der Waals surface area contributed by atoms with Gasteiger partial charge in [0.1, 0.15) is 6.61 Å². The van der Waals surface area contributed by atoms with Crippen LogP contribution in [0.1, 0.15) is 41.9 Å². The van der Waals surface area contributed by atoms with Gasteiger partial charge in [-0.3, -0.25) is 4.90 Å². The fourth-order valence-electron chi connectivity index (χ4n) is 5.69. The minimum absolute atomic E-state index is 0.0923. The third-order valence-electron chi connectivity index (χ3n) is 7.22. The highest BCUT2D eigenvalue weighted by Gasteiger charge is 2.41. The molecule has 3 aromatic rings. The zero-order chi connectivity index (χ0) is 21.7. The largest absolute Gasteiger partial charge is 0.448 e. The van der Waals surface area contributed by atoms with Gasteiger partial charge in [-0.1, -0.05) is 66.7 Å². The van der Waals surface area contributed by atoms with E-state index in [1.54, 1.807) is 0 Å². The second-order valence-electron chi connectivity index (χ2n) is 9.03. The maximum Gasteiger partial charge on any atom is 0.410 e. The van der Waals surface area contributed by atoms with Crippen molar-refractivity contribution in [2.24, 2.45) is 0 Å². The molecule has 2 unspecified atom stereocenters. The summed E-state index contributed by atoms with van der Waals surface area (Å²) in [6.07, 6.45) is 4.94. The number of rotatable bonds is 3. The van der Waals surface area contributed by atoms with Crippen molar-refractivity contribution in [1.82, 2.24) is 4.90 Å². The monoisotopic (exact) mass is 422 g/mol. The van der Waals surface area contributed by atoms with Crippen molar-refractivity contribution in [1.29, 1.82) is 0 Å². The molecule has 3 aliphatic rings. The molecule has 2 bridgehead atoms. The maximum atomic E-state index is 13.2. The average molecular weight is 423 g/mol. The van der Waals surface area contributed by atoms with Crippen LogP contribution in [0.3, 0.4) is 0 Å². The molecule has 0 saturated carbocycles. The summed E-state index contributed by atoms with van der Waals surface area (Å²) in [7, 11) is 0.